The Morgan fingerprint density at radius 3 is 2.39 bits per heavy atom. The molecule has 110 valence electrons. The molecule has 0 atom stereocenters. The fourth-order valence-corrected chi connectivity index (χ4v) is 2.50. The van der Waals surface area contributed by atoms with E-state index >= 15 is 0 Å². The van der Waals surface area contributed by atoms with Crippen LogP contribution < -0.4 is 0 Å². The summed E-state index contributed by atoms with van der Waals surface area (Å²) in [7, 11) is 0. The Labute approximate surface area is 133 Å². The smallest absolute Gasteiger partial charge is 0.178 e. The molecule has 0 amide bonds. The molecule has 0 radical (unpaired) electrons. The maximum atomic E-state index is 10.00. The lowest BCUT2D eigenvalue weighted by Crippen LogP contribution is -1.94. The first-order chi connectivity index (χ1) is 11.3. The summed E-state index contributed by atoms with van der Waals surface area (Å²) in [5.74, 6) is 0.776. The molecule has 23 heavy (non-hydrogen) atoms. The molecule has 0 spiro atoms. The second kappa shape index (κ2) is 5.50. The summed E-state index contributed by atoms with van der Waals surface area (Å²) in [6.45, 7) is 0. The number of hydrogen-bond donors (Lipinski definition) is 1. The van der Waals surface area contributed by atoms with Crippen molar-refractivity contribution in [3.63, 3.8) is 0 Å². The summed E-state index contributed by atoms with van der Waals surface area (Å²) in [5, 5.41) is 11.0. The number of para-hydroxylation sites is 2. The minimum Gasteiger partial charge on any atom is -0.507 e. The average molecular weight is 299 g/mol. The van der Waals surface area contributed by atoms with Crippen molar-refractivity contribution in [3.8, 4) is 28.5 Å². The van der Waals surface area contributed by atoms with Gasteiger partial charge in [-0.3, -0.25) is 0 Å². The molecule has 1 N–H and O–H groups in total. The zero-order chi connectivity index (χ0) is 15.6. The van der Waals surface area contributed by atoms with Crippen LogP contribution in [0.1, 0.15) is 0 Å². The summed E-state index contributed by atoms with van der Waals surface area (Å²) in [6.07, 6.45) is 1.80. The van der Waals surface area contributed by atoms with Crippen LogP contribution in [0.15, 0.2) is 72.9 Å². The molecule has 2 aromatic heterocycles. The number of phenolic OH excluding ortho intramolecular Hbond substituents is 1. The Morgan fingerprint density at radius 1 is 0.696 bits per heavy atom. The Morgan fingerprint density at radius 2 is 1.48 bits per heavy atom. The molecule has 4 heteroatoms. The molecule has 0 bridgehead atoms. The Bertz CT molecular complexity index is 998. The number of benzene rings is 2. The molecule has 0 aliphatic heterocycles. The van der Waals surface area contributed by atoms with E-state index in [9.17, 15) is 5.11 Å². The number of aromatic hydroxyl groups is 1. The molecule has 0 unspecified atom stereocenters. The first-order valence-corrected chi connectivity index (χ1v) is 7.29. The van der Waals surface area contributed by atoms with Crippen LogP contribution in [-0.4, -0.2) is 20.1 Å². The SMILES string of the molecule is Oc1ccccc1-c1cccc(-c2ncc3ccccc3n2)n1. The van der Waals surface area contributed by atoms with Gasteiger partial charge in [-0.15, -0.1) is 0 Å². The minimum atomic E-state index is 0.205. The van der Waals surface area contributed by atoms with Crippen molar-refractivity contribution in [2.24, 2.45) is 0 Å². The van der Waals surface area contributed by atoms with Gasteiger partial charge in [-0.25, -0.2) is 15.0 Å². The van der Waals surface area contributed by atoms with Gasteiger partial charge in [-0.1, -0.05) is 36.4 Å². The number of rotatable bonds is 2. The monoisotopic (exact) mass is 299 g/mol. The Balaban J connectivity index is 1.83. The van der Waals surface area contributed by atoms with Gasteiger partial charge in [0.2, 0.25) is 0 Å². The van der Waals surface area contributed by atoms with Crippen LogP contribution in [0.25, 0.3) is 33.7 Å². The Kier molecular flexibility index (Phi) is 3.20. The third kappa shape index (κ3) is 2.51. The first kappa shape index (κ1) is 13.4. The van der Waals surface area contributed by atoms with Gasteiger partial charge in [0.15, 0.2) is 5.82 Å². The highest BCUT2D eigenvalue weighted by molar-refractivity contribution is 5.79. The molecule has 0 aliphatic rings. The van der Waals surface area contributed by atoms with E-state index in [1.807, 2.05) is 54.6 Å². The van der Waals surface area contributed by atoms with E-state index in [1.165, 1.54) is 0 Å². The lowest BCUT2D eigenvalue weighted by Gasteiger charge is -2.06. The van der Waals surface area contributed by atoms with Crippen molar-refractivity contribution in [3.05, 3.63) is 72.9 Å². The average Bonchev–Trinajstić information content (AvgIpc) is 2.62. The van der Waals surface area contributed by atoms with Crippen LogP contribution in [0.2, 0.25) is 0 Å². The van der Waals surface area contributed by atoms with E-state index in [0.717, 1.165) is 10.9 Å². The molecule has 2 heterocycles. The number of hydrogen-bond acceptors (Lipinski definition) is 4. The lowest BCUT2D eigenvalue weighted by atomic mass is 10.1. The standard InChI is InChI=1S/C19H13N3O/c23-18-11-4-2-7-14(18)16-9-5-10-17(21-16)19-20-12-13-6-1-3-8-15(13)22-19/h1-12,23H. The highest BCUT2D eigenvalue weighted by atomic mass is 16.3. The van der Waals surface area contributed by atoms with Gasteiger partial charge >= 0.3 is 0 Å². The highest BCUT2D eigenvalue weighted by Crippen LogP contribution is 2.28. The van der Waals surface area contributed by atoms with E-state index < -0.39 is 0 Å². The van der Waals surface area contributed by atoms with Crippen molar-refractivity contribution in [1.82, 2.24) is 15.0 Å². The van der Waals surface area contributed by atoms with Gasteiger partial charge in [-0.05, 0) is 30.3 Å². The number of pyridine rings is 1. The highest BCUT2D eigenvalue weighted by Gasteiger charge is 2.09. The number of nitrogens with zero attached hydrogens (tertiary/aromatic N) is 3. The molecule has 0 fully saturated rings. The second-order valence-corrected chi connectivity index (χ2v) is 5.18. The van der Waals surface area contributed by atoms with E-state index in [-0.39, 0.29) is 5.75 Å². The van der Waals surface area contributed by atoms with Crippen LogP contribution in [0, 0.1) is 0 Å². The van der Waals surface area contributed by atoms with Crippen LogP contribution >= 0.6 is 0 Å². The summed E-state index contributed by atoms with van der Waals surface area (Å²) in [4.78, 5) is 13.6. The fourth-order valence-electron chi connectivity index (χ4n) is 2.50. The molecular formula is C19H13N3O. The van der Waals surface area contributed by atoms with Gasteiger partial charge in [0.05, 0.1) is 11.2 Å². The van der Waals surface area contributed by atoms with E-state index in [1.54, 1.807) is 18.3 Å². The molecule has 0 saturated carbocycles. The summed E-state index contributed by atoms with van der Waals surface area (Å²) < 4.78 is 0. The van der Waals surface area contributed by atoms with Crippen LogP contribution in [0.4, 0.5) is 0 Å². The molecule has 4 aromatic rings. The van der Waals surface area contributed by atoms with Crippen molar-refractivity contribution in [2.45, 2.75) is 0 Å². The van der Waals surface area contributed by atoms with Crippen molar-refractivity contribution >= 4 is 10.9 Å². The van der Waals surface area contributed by atoms with Gasteiger partial charge < -0.3 is 5.11 Å². The van der Waals surface area contributed by atoms with Crippen molar-refractivity contribution < 1.29 is 5.11 Å². The lowest BCUT2D eigenvalue weighted by molar-refractivity contribution is 0.477. The van der Waals surface area contributed by atoms with Crippen molar-refractivity contribution in [2.75, 3.05) is 0 Å². The predicted octanol–water partition coefficient (Wildman–Crippen LogP) is 4.06. The molecule has 0 aliphatic carbocycles. The van der Waals surface area contributed by atoms with Gasteiger partial charge in [0.25, 0.3) is 0 Å². The zero-order valence-corrected chi connectivity index (χ0v) is 12.2. The molecule has 2 aromatic carbocycles. The summed E-state index contributed by atoms with van der Waals surface area (Å²) >= 11 is 0. The third-order valence-electron chi connectivity index (χ3n) is 3.65. The van der Waals surface area contributed by atoms with Crippen molar-refractivity contribution in [1.29, 1.82) is 0 Å². The first-order valence-electron chi connectivity index (χ1n) is 7.29. The number of aromatic nitrogens is 3. The van der Waals surface area contributed by atoms with E-state index in [2.05, 4.69) is 15.0 Å². The fraction of sp³-hybridized carbons (Fsp3) is 0. The van der Waals surface area contributed by atoms with E-state index in [0.29, 0.717) is 22.8 Å². The maximum absolute atomic E-state index is 10.00. The second-order valence-electron chi connectivity index (χ2n) is 5.18. The van der Waals surface area contributed by atoms with Gasteiger partial charge in [0, 0.05) is 17.1 Å². The maximum Gasteiger partial charge on any atom is 0.178 e. The number of phenols is 1. The molecule has 0 saturated heterocycles. The third-order valence-corrected chi connectivity index (χ3v) is 3.65. The largest absolute Gasteiger partial charge is 0.507 e. The van der Waals surface area contributed by atoms with E-state index in [4.69, 9.17) is 0 Å². The molecule has 4 nitrogen and oxygen atoms in total. The van der Waals surface area contributed by atoms with Gasteiger partial charge in [0.1, 0.15) is 11.4 Å². The quantitative estimate of drug-likeness (QED) is 0.606. The Hall–Kier alpha value is -3.27. The predicted molar refractivity (Wildman–Crippen MR) is 89.9 cm³/mol. The van der Waals surface area contributed by atoms with Crippen LogP contribution in [0.3, 0.4) is 0 Å². The molecular weight excluding hydrogens is 286 g/mol. The zero-order valence-electron chi connectivity index (χ0n) is 12.2. The number of fused-ring (bicyclic) bond motifs is 1. The van der Waals surface area contributed by atoms with Crippen LogP contribution in [-0.2, 0) is 0 Å². The topological polar surface area (TPSA) is 58.9 Å². The normalized spacial score (nSPS) is 10.8. The summed E-state index contributed by atoms with van der Waals surface area (Å²) in [5.41, 5.74) is 2.94. The van der Waals surface area contributed by atoms with Crippen LogP contribution in [0.5, 0.6) is 5.75 Å². The summed E-state index contributed by atoms with van der Waals surface area (Å²) in [6, 6.07) is 20.6. The minimum absolute atomic E-state index is 0.205. The molecule has 4 rings (SSSR count). The van der Waals surface area contributed by atoms with Gasteiger partial charge in [-0.2, -0.15) is 0 Å².